The van der Waals surface area contributed by atoms with Crippen LogP contribution in [0.3, 0.4) is 0 Å². The van der Waals surface area contributed by atoms with E-state index in [1.807, 2.05) is 13.3 Å². The summed E-state index contributed by atoms with van der Waals surface area (Å²) >= 11 is 0. The van der Waals surface area contributed by atoms with Gasteiger partial charge < -0.3 is 4.57 Å². The highest BCUT2D eigenvalue weighted by Gasteiger charge is 2.20. The molecule has 1 atom stereocenters. The lowest BCUT2D eigenvalue weighted by Crippen LogP contribution is -2.06. The minimum Gasteiger partial charge on any atom is -0.324 e. The Hall–Kier alpha value is -0.0300. The van der Waals surface area contributed by atoms with Crippen LogP contribution in [0.25, 0.3) is 0 Å². The Labute approximate surface area is 62.9 Å². The highest BCUT2D eigenvalue weighted by Crippen LogP contribution is 2.46. The van der Waals surface area contributed by atoms with E-state index in [2.05, 4.69) is 12.2 Å². The van der Waals surface area contributed by atoms with Crippen LogP contribution < -0.4 is 0 Å². The molecule has 0 bridgehead atoms. The lowest BCUT2D eigenvalue weighted by atomic mass is 10.1. The minimum atomic E-state index is -1.83. The maximum atomic E-state index is 11.5. The molecule has 0 amide bonds. The van der Waals surface area contributed by atoms with Crippen LogP contribution in [0.5, 0.6) is 0 Å². The van der Waals surface area contributed by atoms with Crippen molar-refractivity contribution in [3.63, 3.8) is 0 Å². The molecule has 1 aliphatic carbocycles. The van der Waals surface area contributed by atoms with Crippen molar-refractivity contribution in [3.8, 4) is 0 Å². The Bertz CT molecular complexity index is 178. The lowest BCUT2D eigenvalue weighted by Gasteiger charge is -2.20. The van der Waals surface area contributed by atoms with Gasteiger partial charge in [-0.2, -0.15) is 0 Å². The fraction of sp³-hybridized carbons (Fsp3) is 0.750. The van der Waals surface area contributed by atoms with Gasteiger partial charge in [-0.05, 0) is 32.6 Å². The average molecular weight is 158 g/mol. The van der Waals surface area contributed by atoms with Crippen LogP contribution in [-0.2, 0) is 4.57 Å². The van der Waals surface area contributed by atoms with Crippen molar-refractivity contribution in [1.29, 1.82) is 0 Å². The highest BCUT2D eigenvalue weighted by molar-refractivity contribution is 7.63. The molecule has 0 saturated heterocycles. The van der Waals surface area contributed by atoms with E-state index >= 15 is 0 Å². The van der Waals surface area contributed by atoms with Crippen molar-refractivity contribution in [1.82, 2.24) is 0 Å². The normalized spacial score (nSPS) is 26.8. The van der Waals surface area contributed by atoms with Crippen molar-refractivity contribution in [2.45, 2.75) is 24.9 Å². The SMILES string of the molecule is CP(C)(=O)C1C=CCCC1. The van der Waals surface area contributed by atoms with Gasteiger partial charge in [0.2, 0.25) is 0 Å². The summed E-state index contributed by atoms with van der Waals surface area (Å²) in [5.74, 6) is 0. The van der Waals surface area contributed by atoms with Crippen molar-refractivity contribution < 1.29 is 4.57 Å². The molecular weight excluding hydrogens is 143 g/mol. The maximum Gasteiger partial charge on any atom is 0.0884 e. The van der Waals surface area contributed by atoms with E-state index in [1.54, 1.807) is 0 Å². The minimum absolute atomic E-state index is 0.376. The standard InChI is InChI=1S/C8H15OP/c1-10(2,9)8-6-4-3-5-7-8/h4,6,8H,3,5,7H2,1-2H3. The Morgan fingerprint density at radius 2 is 2.20 bits per heavy atom. The van der Waals surface area contributed by atoms with Crippen molar-refractivity contribution >= 4 is 7.14 Å². The van der Waals surface area contributed by atoms with E-state index in [0.717, 1.165) is 6.42 Å². The first-order valence-electron chi connectivity index (χ1n) is 3.82. The first-order chi connectivity index (χ1) is 4.61. The van der Waals surface area contributed by atoms with Gasteiger partial charge in [-0.25, -0.2) is 0 Å². The van der Waals surface area contributed by atoms with E-state index in [9.17, 15) is 4.57 Å². The van der Waals surface area contributed by atoms with Gasteiger partial charge in [0.25, 0.3) is 0 Å². The predicted octanol–water partition coefficient (Wildman–Crippen LogP) is 2.72. The summed E-state index contributed by atoms with van der Waals surface area (Å²) in [5.41, 5.74) is 0.376. The van der Waals surface area contributed by atoms with Gasteiger partial charge in [0.1, 0.15) is 0 Å². The van der Waals surface area contributed by atoms with Crippen molar-refractivity contribution in [2.24, 2.45) is 0 Å². The zero-order chi connectivity index (χ0) is 7.61. The summed E-state index contributed by atoms with van der Waals surface area (Å²) in [7, 11) is -1.83. The van der Waals surface area contributed by atoms with E-state index in [1.165, 1.54) is 12.8 Å². The van der Waals surface area contributed by atoms with E-state index < -0.39 is 7.14 Å². The Morgan fingerprint density at radius 3 is 2.50 bits per heavy atom. The van der Waals surface area contributed by atoms with Gasteiger partial charge in [0.05, 0.1) is 7.14 Å². The Balaban J connectivity index is 2.64. The monoisotopic (exact) mass is 158 g/mol. The van der Waals surface area contributed by atoms with Crippen molar-refractivity contribution in [2.75, 3.05) is 13.3 Å². The molecule has 1 aliphatic rings. The molecule has 0 saturated carbocycles. The summed E-state index contributed by atoms with van der Waals surface area (Å²) < 4.78 is 11.5. The lowest BCUT2D eigenvalue weighted by molar-refractivity contribution is 0.570. The zero-order valence-corrected chi connectivity index (χ0v) is 7.60. The van der Waals surface area contributed by atoms with Crippen molar-refractivity contribution in [3.05, 3.63) is 12.2 Å². The average Bonchev–Trinajstić information content (AvgIpc) is 1.88. The number of hydrogen-bond donors (Lipinski definition) is 0. The second kappa shape index (κ2) is 2.92. The van der Waals surface area contributed by atoms with Crippen LogP contribution in [0, 0.1) is 0 Å². The van der Waals surface area contributed by atoms with Crippen LogP contribution in [0.4, 0.5) is 0 Å². The van der Waals surface area contributed by atoms with E-state index in [0.29, 0.717) is 5.66 Å². The predicted molar refractivity (Wildman–Crippen MR) is 46.2 cm³/mol. The summed E-state index contributed by atoms with van der Waals surface area (Å²) in [6.45, 7) is 3.76. The molecule has 0 aliphatic heterocycles. The van der Waals surface area contributed by atoms with Gasteiger partial charge in [0, 0.05) is 5.66 Å². The van der Waals surface area contributed by atoms with Gasteiger partial charge >= 0.3 is 0 Å². The molecule has 0 aromatic rings. The van der Waals surface area contributed by atoms with Crippen LogP contribution in [-0.4, -0.2) is 19.0 Å². The molecule has 0 spiro atoms. The number of allylic oxidation sites excluding steroid dienone is 2. The second-order valence-electron chi connectivity index (χ2n) is 3.36. The molecule has 0 aromatic heterocycles. The maximum absolute atomic E-state index is 11.5. The number of rotatable bonds is 1. The van der Waals surface area contributed by atoms with Gasteiger partial charge in [-0.15, -0.1) is 0 Å². The van der Waals surface area contributed by atoms with Gasteiger partial charge in [-0.3, -0.25) is 0 Å². The quantitative estimate of drug-likeness (QED) is 0.423. The largest absolute Gasteiger partial charge is 0.324 e. The van der Waals surface area contributed by atoms with E-state index in [-0.39, 0.29) is 0 Å². The Kier molecular flexibility index (Phi) is 2.36. The van der Waals surface area contributed by atoms with E-state index in [4.69, 9.17) is 0 Å². The van der Waals surface area contributed by atoms with Gasteiger partial charge in [0.15, 0.2) is 0 Å². The first-order valence-corrected chi connectivity index (χ1v) is 6.49. The molecule has 10 heavy (non-hydrogen) atoms. The summed E-state index contributed by atoms with van der Waals surface area (Å²) in [5, 5.41) is 0. The number of hydrogen-bond acceptors (Lipinski definition) is 1. The fourth-order valence-corrected chi connectivity index (χ4v) is 2.65. The molecule has 0 radical (unpaired) electrons. The molecule has 0 fully saturated rings. The fourth-order valence-electron chi connectivity index (χ4n) is 1.31. The third kappa shape index (κ3) is 1.98. The third-order valence-electron chi connectivity index (χ3n) is 2.03. The van der Waals surface area contributed by atoms with Crippen LogP contribution >= 0.6 is 7.14 Å². The van der Waals surface area contributed by atoms with Crippen LogP contribution in [0.2, 0.25) is 0 Å². The molecule has 0 aromatic carbocycles. The third-order valence-corrected chi connectivity index (χ3v) is 4.06. The molecule has 1 unspecified atom stereocenters. The highest BCUT2D eigenvalue weighted by atomic mass is 31.2. The first kappa shape index (κ1) is 8.07. The summed E-state index contributed by atoms with van der Waals surface area (Å²) in [6, 6.07) is 0. The topological polar surface area (TPSA) is 17.1 Å². The molecule has 2 heteroatoms. The summed E-state index contributed by atoms with van der Waals surface area (Å²) in [4.78, 5) is 0. The molecular formula is C8H15OP. The Morgan fingerprint density at radius 1 is 1.50 bits per heavy atom. The zero-order valence-electron chi connectivity index (χ0n) is 6.71. The molecule has 1 nitrogen and oxygen atoms in total. The smallest absolute Gasteiger partial charge is 0.0884 e. The molecule has 1 rings (SSSR count). The molecule has 0 N–H and O–H groups in total. The molecule has 58 valence electrons. The van der Waals surface area contributed by atoms with Crippen LogP contribution in [0.15, 0.2) is 12.2 Å². The second-order valence-corrected chi connectivity index (χ2v) is 6.89. The summed E-state index contributed by atoms with van der Waals surface area (Å²) in [6.07, 6.45) is 7.81. The van der Waals surface area contributed by atoms with Gasteiger partial charge in [-0.1, -0.05) is 12.2 Å². The van der Waals surface area contributed by atoms with Crippen LogP contribution in [0.1, 0.15) is 19.3 Å². The molecule has 0 heterocycles.